The lowest BCUT2D eigenvalue weighted by atomic mass is 9.80. The second-order valence-electron chi connectivity index (χ2n) is 5.03. The van der Waals surface area contributed by atoms with Crippen molar-refractivity contribution in [1.82, 2.24) is 9.38 Å². The van der Waals surface area contributed by atoms with Crippen molar-refractivity contribution in [1.29, 1.82) is 0 Å². The van der Waals surface area contributed by atoms with Gasteiger partial charge in [-0.15, -0.1) is 34.5 Å². The second kappa shape index (κ2) is 6.17. The van der Waals surface area contributed by atoms with Crippen LogP contribution in [0, 0.1) is 0 Å². The SMILES string of the molecule is ClCC(CCl)(Cc1cn2ccsc2n1)c1ccccc1Cl. The van der Waals surface area contributed by atoms with E-state index in [0.717, 1.165) is 16.2 Å². The number of hydrogen-bond acceptors (Lipinski definition) is 2. The molecule has 0 saturated carbocycles. The van der Waals surface area contributed by atoms with Crippen LogP contribution in [0.5, 0.6) is 0 Å². The van der Waals surface area contributed by atoms with Crippen molar-refractivity contribution in [3.05, 3.63) is 58.3 Å². The topological polar surface area (TPSA) is 17.3 Å². The van der Waals surface area contributed by atoms with Gasteiger partial charge >= 0.3 is 0 Å². The Morgan fingerprint density at radius 2 is 1.95 bits per heavy atom. The average Bonchev–Trinajstić information content (AvgIpc) is 3.07. The number of nitrogens with zero attached hydrogens (tertiary/aromatic N) is 2. The van der Waals surface area contributed by atoms with Crippen molar-refractivity contribution in [2.24, 2.45) is 0 Å². The van der Waals surface area contributed by atoms with Crippen LogP contribution < -0.4 is 0 Å². The van der Waals surface area contributed by atoms with Crippen LogP contribution in [0.15, 0.2) is 42.0 Å². The third-order valence-electron chi connectivity index (χ3n) is 3.62. The number of alkyl halides is 2. The number of rotatable bonds is 5. The maximum atomic E-state index is 6.35. The molecule has 0 unspecified atom stereocenters. The Labute approximate surface area is 142 Å². The Hall–Kier alpha value is -0.740. The summed E-state index contributed by atoms with van der Waals surface area (Å²) in [6, 6.07) is 7.73. The first kappa shape index (κ1) is 15.2. The van der Waals surface area contributed by atoms with E-state index in [4.69, 9.17) is 34.8 Å². The van der Waals surface area contributed by atoms with E-state index in [9.17, 15) is 0 Å². The van der Waals surface area contributed by atoms with Gasteiger partial charge in [0, 0.05) is 46.4 Å². The summed E-state index contributed by atoms with van der Waals surface area (Å²) in [6.07, 6.45) is 4.68. The number of halogens is 3. The molecule has 1 aromatic carbocycles. The zero-order valence-electron chi connectivity index (χ0n) is 11.1. The maximum absolute atomic E-state index is 6.35. The summed E-state index contributed by atoms with van der Waals surface area (Å²) in [5.74, 6) is 0.789. The van der Waals surface area contributed by atoms with Crippen LogP contribution >= 0.6 is 46.1 Å². The van der Waals surface area contributed by atoms with E-state index >= 15 is 0 Å². The standard InChI is InChI=1S/C15H13Cl3N2S/c16-9-15(10-17,12-3-1-2-4-13(12)18)7-11-8-20-5-6-21-14(20)19-11/h1-6,8H,7,9-10H2. The predicted molar refractivity (Wildman–Crippen MR) is 91.3 cm³/mol. The molecule has 6 heteroatoms. The molecule has 21 heavy (non-hydrogen) atoms. The lowest BCUT2D eigenvalue weighted by Crippen LogP contribution is -2.33. The van der Waals surface area contributed by atoms with Gasteiger partial charge in [-0.05, 0) is 11.6 Å². The van der Waals surface area contributed by atoms with E-state index in [-0.39, 0.29) is 0 Å². The van der Waals surface area contributed by atoms with Crippen LogP contribution in [0.3, 0.4) is 0 Å². The summed E-state index contributed by atoms with van der Waals surface area (Å²) in [7, 11) is 0. The smallest absolute Gasteiger partial charge is 0.193 e. The lowest BCUT2D eigenvalue weighted by molar-refractivity contribution is 0.530. The molecule has 3 rings (SSSR count). The first-order chi connectivity index (χ1) is 10.2. The minimum Gasteiger partial charge on any atom is -0.297 e. The predicted octanol–water partition coefficient (Wildman–Crippen LogP) is 5.01. The van der Waals surface area contributed by atoms with Crippen molar-refractivity contribution < 1.29 is 0 Å². The molecule has 0 N–H and O–H groups in total. The number of imidazole rings is 1. The fraction of sp³-hybridized carbons (Fsp3) is 0.267. The van der Waals surface area contributed by atoms with Gasteiger partial charge in [0.2, 0.25) is 0 Å². The van der Waals surface area contributed by atoms with Gasteiger partial charge in [0.1, 0.15) is 0 Å². The van der Waals surface area contributed by atoms with Crippen LogP contribution in [-0.4, -0.2) is 21.1 Å². The van der Waals surface area contributed by atoms with Crippen LogP contribution in [-0.2, 0) is 11.8 Å². The molecule has 0 radical (unpaired) electrons. The molecule has 0 bridgehead atoms. The molecule has 3 aromatic rings. The third-order valence-corrected chi connectivity index (χ3v) is 5.74. The molecular formula is C15H13Cl3N2S. The molecule has 0 aliphatic carbocycles. The molecule has 0 spiro atoms. The van der Waals surface area contributed by atoms with E-state index in [1.165, 1.54) is 0 Å². The molecule has 2 heterocycles. The number of benzene rings is 1. The van der Waals surface area contributed by atoms with E-state index in [0.29, 0.717) is 23.2 Å². The zero-order valence-corrected chi connectivity index (χ0v) is 14.2. The van der Waals surface area contributed by atoms with Gasteiger partial charge in [0.05, 0.1) is 5.69 Å². The van der Waals surface area contributed by atoms with Gasteiger partial charge in [0.15, 0.2) is 4.96 Å². The Morgan fingerprint density at radius 3 is 2.62 bits per heavy atom. The second-order valence-corrected chi connectivity index (χ2v) is 6.84. The third kappa shape index (κ3) is 2.80. The molecule has 0 aliphatic heterocycles. The minimum atomic E-state index is -0.411. The Morgan fingerprint density at radius 1 is 1.19 bits per heavy atom. The van der Waals surface area contributed by atoms with Crippen LogP contribution in [0.2, 0.25) is 5.02 Å². The van der Waals surface area contributed by atoms with Crippen molar-refractivity contribution >= 4 is 51.1 Å². The highest BCUT2D eigenvalue weighted by Crippen LogP contribution is 2.36. The molecule has 110 valence electrons. The summed E-state index contributed by atoms with van der Waals surface area (Å²) >= 11 is 20.5. The monoisotopic (exact) mass is 358 g/mol. The van der Waals surface area contributed by atoms with E-state index in [2.05, 4.69) is 4.98 Å². The van der Waals surface area contributed by atoms with Gasteiger partial charge in [-0.25, -0.2) is 4.98 Å². The fourth-order valence-corrected chi connectivity index (χ4v) is 4.29. The molecule has 2 nitrogen and oxygen atoms in total. The summed E-state index contributed by atoms with van der Waals surface area (Å²) in [5, 5.41) is 2.70. The molecule has 0 aliphatic rings. The Bertz CT molecular complexity index is 718. The quantitative estimate of drug-likeness (QED) is 0.585. The molecule has 0 amide bonds. The number of aromatic nitrogens is 2. The first-order valence-corrected chi connectivity index (χ1v) is 8.79. The molecule has 0 atom stereocenters. The summed E-state index contributed by atoms with van der Waals surface area (Å²) < 4.78 is 2.01. The fourth-order valence-electron chi connectivity index (χ4n) is 2.47. The van der Waals surface area contributed by atoms with Crippen LogP contribution in [0.25, 0.3) is 4.96 Å². The highest BCUT2D eigenvalue weighted by Gasteiger charge is 2.33. The number of thiazole rings is 1. The van der Waals surface area contributed by atoms with Crippen molar-refractivity contribution in [3.63, 3.8) is 0 Å². The van der Waals surface area contributed by atoms with Crippen molar-refractivity contribution in [2.75, 3.05) is 11.8 Å². The highest BCUT2D eigenvalue weighted by atomic mass is 35.5. The largest absolute Gasteiger partial charge is 0.297 e. The normalized spacial score (nSPS) is 12.1. The van der Waals surface area contributed by atoms with Crippen molar-refractivity contribution in [3.8, 4) is 0 Å². The molecule has 0 fully saturated rings. The lowest BCUT2D eigenvalue weighted by Gasteiger charge is -2.30. The van der Waals surface area contributed by atoms with E-state index < -0.39 is 5.41 Å². The molecule has 0 saturated heterocycles. The molecule has 2 aromatic heterocycles. The van der Waals surface area contributed by atoms with Crippen molar-refractivity contribution in [2.45, 2.75) is 11.8 Å². The summed E-state index contributed by atoms with van der Waals surface area (Å²) in [4.78, 5) is 5.60. The van der Waals surface area contributed by atoms with Gasteiger partial charge in [0.25, 0.3) is 0 Å². The van der Waals surface area contributed by atoms with Gasteiger partial charge in [-0.3, -0.25) is 4.40 Å². The Kier molecular flexibility index (Phi) is 4.46. The molecular weight excluding hydrogens is 347 g/mol. The Balaban J connectivity index is 2.01. The van der Waals surface area contributed by atoms with Gasteiger partial charge in [-0.2, -0.15) is 0 Å². The first-order valence-electron chi connectivity index (χ1n) is 6.46. The van der Waals surface area contributed by atoms with E-state index in [1.807, 2.05) is 46.4 Å². The van der Waals surface area contributed by atoms with Crippen LogP contribution in [0.4, 0.5) is 0 Å². The zero-order chi connectivity index (χ0) is 14.9. The highest BCUT2D eigenvalue weighted by molar-refractivity contribution is 7.15. The number of hydrogen-bond donors (Lipinski definition) is 0. The van der Waals surface area contributed by atoms with Gasteiger partial charge in [-0.1, -0.05) is 29.8 Å². The maximum Gasteiger partial charge on any atom is 0.193 e. The summed E-state index contributed by atoms with van der Waals surface area (Å²) in [6.45, 7) is 0. The number of fused-ring (bicyclic) bond motifs is 1. The van der Waals surface area contributed by atoms with Crippen LogP contribution in [0.1, 0.15) is 11.3 Å². The van der Waals surface area contributed by atoms with Gasteiger partial charge < -0.3 is 0 Å². The van der Waals surface area contributed by atoms with E-state index in [1.54, 1.807) is 11.3 Å². The average molecular weight is 360 g/mol. The summed E-state index contributed by atoms with van der Waals surface area (Å²) in [5.41, 5.74) is 1.54. The minimum absolute atomic E-state index is 0.394.